The van der Waals surface area contributed by atoms with Crippen molar-refractivity contribution in [3.8, 4) is 0 Å². The minimum Gasteiger partial charge on any atom is -0.359 e. The van der Waals surface area contributed by atoms with E-state index < -0.39 is 15.4 Å². The maximum absolute atomic E-state index is 13.3. The summed E-state index contributed by atoms with van der Waals surface area (Å²) in [5, 5.41) is 5.17. The Morgan fingerprint density at radius 3 is 2.74 bits per heavy atom. The Kier molecular flexibility index (Phi) is 4.78. The molecule has 2 bridgehead atoms. The topological polar surface area (TPSA) is 79.4 Å². The van der Waals surface area contributed by atoms with Crippen LogP contribution in [0.1, 0.15) is 25.0 Å². The van der Waals surface area contributed by atoms with Gasteiger partial charge in [0.25, 0.3) is 0 Å². The molecular formula is C18H20ClN3O3S2. The van der Waals surface area contributed by atoms with Crippen LogP contribution in [0.3, 0.4) is 0 Å². The Morgan fingerprint density at radius 2 is 2.11 bits per heavy atom. The summed E-state index contributed by atoms with van der Waals surface area (Å²) in [5.41, 5.74) is 1.79. The Balaban J connectivity index is 1.74. The van der Waals surface area contributed by atoms with Crippen molar-refractivity contribution in [3.63, 3.8) is 0 Å². The summed E-state index contributed by atoms with van der Waals surface area (Å²) in [6.07, 6.45) is 2.41. The maximum atomic E-state index is 13.3. The van der Waals surface area contributed by atoms with E-state index in [-0.39, 0.29) is 22.9 Å². The van der Waals surface area contributed by atoms with E-state index in [0.29, 0.717) is 24.3 Å². The monoisotopic (exact) mass is 425 g/mol. The first-order valence-electron chi connectivity index (χ1n) is 8.77. The van der Waals surface area contributed by atoms with Gasteiger partial charge in [-0.05, 0) is 43.5 Å². The van der Waals surface area contributed by atoms with Gasteiger partial charge in [0.2, 0.25) is 15.9 Å². The second-order valence-corrected chi connectivity index (χ2v) is 10.1. The van der Waals surface area contributed by atoms with Gasteiger partial charge >= 0.3 is 0 Å². The summed E-state index contributed by atoms with van der Waals surface area (Å²) in [6, 6.07) is 5.66. The molecule has 2 fully saturated rings. The summed E-state index contributed by atoms with van der Waals surface area (Å²) in [6.45, 7) is 0. The first-order valence-corrected chi connectivity index (χ1v) is 11.5. The minimum atomic E-state index is -3.71. The van der Waals surface area contributed by atoms with Crippen LogP contribution in [0.5, 0.6) is 0 Å². The number of nitrogens with zero attached hydrogens (tertiary/aromatic N) is 2. The van der Waals surface area contributed by atoms with Crippen molar-refractivity contribution in [1.29, 1.82) is 0 Å². The molecule has 27 heavy (non-hydrogen) atoms. The van der Waals surface area contributed by atoms with Gasteiger partial charge in [0.1, 0.15) is 0 Å². The van der Waals surface area contributed by atoms with Crippen LogP contribution in [0.25, 0.3) is 0 Å². The Morgan fingerprint density at radius 1 is 1.37 bits per heavy atom. The third kappa shape index (κ3) is 2.99. The summed E-state index contributed by atoms with van der Waals surface area (Å²) >= 11 is 7.39. The predicted octanol–water partition coefficient (Wildman–Crippen LogP) is 2.70. The number of nitrogens with one attached hydrogen (secondary N) is 1. The molecule has 2 aliphatic rings. The third-order valence-electron chi connectivity index (χ3n) is 5.73. The molecule has 3 atom stereocenters. The highest BCUT2D eigenvalue weighted by atomic mass is 35.5. The van der Waals surface area contributed by atoms with Crippen LogP contribution in [0.4, 0.5) is 0 Å². The van der Waals surface area contributed by atoms with Crippen molar-refractivity contribution >= 4 is 38.9 Å². The molecule has 2 saturated heterocycles. The zero-order chi connectivity index (χ0) is 19.2. The fraction of sp³-hybridized carbons (Fsp3) is 0.444. The molecular weight excluding hydrogens is 406 g/mol. The Bertz CT molecular complexity index is 947. The van der Waals surface area contributed by atoms with Crippen molar-refractivity contribution in [3.05, 3.63) is 45.9 Å². The van der Waals surface area contributed by atoms with Crippen LogP contribution in [-0.2, 0) is 21.2 Å². The van der Waals surface area contributed by atoms with Crippen LogP contribution in [0.15, 0.2) is 40.1 Å². The lowest BCUT2D eigenvalue weighted by Gasteiger charge is -2.35. The zero-order valence-electron chi connectivity index (χ0n) is 14.8. The summed E-state index contributed by atoms with van der Waals surface area (Å²) < 4.78 is 28.3. The highest BCUT2D eigenvalue weighted by Gasteiger charge is 2.63. The molecule has 0 aliphatic carbocycles. The van der Waals surface area contributed by atoms with E-state index >= 15 is 0 Å². The number of hydrogen-bond donors (Lipinski definition) is 1. The molecule has 144 valence electrons. The smallest absolute Gasteiger partial charge is 0.243 e. The number of sulfonamides is 1. The van der Waals surface area contributed by atoms with Gasteiger partial charge in [0.15, 0.2) is 0 Å². The first-order chi connectivity index (χ1) is 12.9. The molecule has 0 radical (unpaired) electrons. The van der Waals surface area contributed by atoms with Crippen LogP contribution >= 0.6 is 22.9 Å². The SMILES string of the molecule is CNC(=O)[C@@]1(Cc2cscn2)C[C@H]2CC[C@@H]1N2S(=O)(=O)c1ccc(Cl)cc1. The fourth-order valence-corrected chi connectivity index (χ4v) is 7.25. The van der Waals surface area contributed by atoms with Crippen LogP contribution in [0, 0.1) is 5.41 Å². The van der Waals surface area contributed by atoms with Crippen LogP contribution < -0.4 is 5.32 Å². The van der Waals surface area contributed by atoms with Crippen LogP contribution in [-0.4, -0.2) is 42.7 Å². The molecule has 1 amide bonds. The van der Waals surface area contributed by atoms with E-state index in [2.05, 4.69) is 10.3 Å². The van der Waals surface area contributed by atoms with E-state index in [0.717, 1.165) is 12.1 Å². The van der Waals surface area contributed by atoms with Gasteiger partial charge in [-0.3, -0.25) is 4.79 Å². The molecule has 2 aromatic rings. The number of amides is 1. The van der Waals surface area contributed by atoms with Gasteiger partial charge in [-0.25, -0.2) is 13.4 Å². The predicted molar refractivity (Wildman–Crippen MR) is 104 cm³/mol. The molecule has 9 heteroatoms. The average molecular weight is 426 g/mol. The van der Waals surface area contributed by atoms with Gasteiger partial charge in [-0.1, -0.05) is 11.6 Å². The highest BCUT2D eigenvalue weighted by molar-refractivity contribution is 7.89. The number of fused-ring (bicyclic) bond motifs is 2. The lowest BCUT2D eigenvalue weighted by molar-refractivity contribution is -0.132. The van der Waals surface area contributed by atoms with Crippen molar-refractivity contribution in [1.82, 2.24) is 14.6 Å². The molecule has 1 aromatic carbocycles. The molecule has 4 rings (SSSR count). The van der Waals surface area contributed by atoms with E-state index in [4.69, 9.17) is 11.6 Å². The number of hydrogen-bond acceptors (Lipinski definition) is 5. The van der Waals surface area contributed by atoms with Gasteiger partial charge < -0.3 is 5.32 Å². The number of carbonyl (C=O) groups excluding carboxylic acids is 1. The molecule has 0 saturated carbocycles. The molecule has 0 unspecified atom stereocenters. The fourth-order valence-electron chi connectivity index (χ4n) is 4.63. The quantitative estimate of drug-likeness (QED) is 0.798. The highest BCUT2D eigenvalue weighted by Crippen LogP contribution is 2.53. The summed E-state index contributed by atoms with van der Waals surface area (Å²) in [4.78, 5) is 17.5. The number of thiazole rings is 1. The van der Waals surface area contributed by atoms with Crippen molar-refractivity contribution in [2.75, 3.05) is 7.05 Å². The summed E-state index contributed by atoms with van der Waals surface area (Å²) in [7, 11) is -2.10. The number of aromatic nitrogens is 1. The van der Waals surface area contributed by atoms with Crippen molar-refractivity contribution < 1.29 is 13.2 Å². The van der Waals surface area contributed by atoms with Gasteiger partial charge in [0, 0.05) is 36.0 Å². The zero-order valence-corrected chi connectivity index (χ0v) is 17.1. The lowest BCUT2D eigenvalue weighted by atomic mass is 9.70. The van der Waals surface area contributed by atoms with Gasteiger partial charge in [-0.2, -0.15) is 4.31 Å². The van der Waals surface area contributed by atoms with E-state index in [1.165, 1.54) is 23.5 Å². The second-order valence-electron chi connectivity index (χ2n) is 7.13. The summed E-state index contributed by atoms with van der Waals surface area (Å²) in [5.74, 6) is -0.112. The molecule has 1 N–H and O–H groups in total. The van der Waals surface area contributed by atoms with E-state index in [1.54, 1.807) is 29.0 Å². The third-order valence-corrected chi connectivity index (χ3v) is 8.59. The standard InChI is InChI=1S/C18H20ClN3O3S2/c1-20-17(23)18(8-13-10-26-11-21-13)9-14-4-7-16(18)22(14)27(24,25)15-5-2-12(19)3-6-15/h2-3,5-6,10-11,14,16H,4,7-9H2,1H3,(H,20,23)/t14-,16+,18+/m1/s1. The largest absolute Gasteiger partial charge is 0.359 e. The first kappa shape index (κ1) is 18.9. The molecule has 2 aliphatic heterocycles. The molecule has 1 aromatic heterocycles. The Hall–Kier alpha value is -1.48. The number of rotatable bonds is 5. The average Bonchev–Trinajstić information content (AvgIpc) is 3.37. The van der Waals surface area contributed by atoms with E-state index in [1.807, 2.05) is 5.38 Å². The van der Waals surface area contributed by atoms with Crippen molar-refractivity contribution in [2.45, 2.75) is 42.7 Å². The normalized spacial score (nSPS) is 27.8. The van der Waals surface area contributed by atoms with Crippen LogP contribution in [0.2, 0.25) is 5.02 Å². The van der Waals surface area contributed by atoms with E-state index in [9.17, 15) is 13.2 Å². The maximum Gasteiger partial charge on any atom is 0.243 e. The molecule has 3 heterocycles. The van der Waals surface area contributed by atoms with Gasteiger partial charge in [-0.15, -0.1) is 11.3 Å². The number of halogens is 1. The number of benzene rings is 1. The van der Waals surface area contributed by atoms with Gasteiger partial charge in [0.05, 0.1) is 21.5 Å². The Labute approximate surface area is 167 Å². The minimum absolute atomic E-state index is 0.112. The van der Waals surface area contributed by atoms with Crippen molar-refractivity contribution in [2.24, 2.45) is 5.41 Å². The lowest BCUT2D eigenvalue weighted by Crippen LogP contribution is -2.50. The second kappa shape index (κ2) is 6.84. The molecule has 0 spiro atoms. The molecule has 6 nitrogen and oxygen atoms in total. The number of carbonyl (C=O) groups is 1.